The lowest BCUT2D eigenvalue weighted by molar-refractivity contribution is 0.0769. The largest absolute Gasteiger partial charge is 0.417 e. The molecular weight excluding hydrogens is 232 g/mol. The Bertz CT molecular complexity index is 190. The highest BCUT2D eigenvalue weighted by Gasteiger charge is 2.31. The molecule has 0 unspecified atom stereocenters. The van der Waals surface area contributed by atoms with Crippen molar-refractivity contribution < 1.29 is 8.85 Å². The molecule has 0 aromatic rings. The van der Waals surface area contributed by atoms with Gasteiger partial charge in [-0.15, -0.1) is 0 Å². The lowest BCUT2D eigenvalue weighted by atomic mass is 9.76. The van der Waals surface area contributed by atoms with Gasteiger partial charge in [-0.05, 0) is 64.0 Å². The summed E-state index contributed by atoms with van der Waals surface area (Å²) in [5, 5.41) is 0. The lowest BCUT2D eigenvalue weighted by Crippen LogP contribution is -2.37. The second-order valence-corrected chi connectivity index (χ2v) is 16.1. The fraction of sp³-hybridized carbons (Fsp3) is 1.00. The van der Waals surface area contributed by atoms with Gasteiger partial charge in [0, 0.05) is 13.2 Å². The molecule has 0 aliphatic heterocycles. The summed E-state index contributed by atoms with van der Waals surface area (Å²) >= 11 is 0. The molecule has 0 saturated heterocycles. The van der Waals surface area contributed by atoms with Crippen molar-refractivity contribution in [2.24, 2.45) is 11.8 Å². The van der Waals surface area contributed by atoms with Crippen LogP contribution in [0.3, 0.4) is 0 Å². The van der Waals surface area contributed by atoms with Gasteiger partial charge in [0.05, 0.1) is 0 Å². The molecule has 96 valence electrons. The molecule has 0 spiro atoms. The van der Waals surface area contributed by atoms with Gasteiger partial charge in [-0.1, -0.05) is 0 Å². The molecule has 1 aliphatic carbocycles. The molecule has 0 heterocycles. The van der Waals surface area contributed by atoms with E-state index in [1.54, 1.807) is 0 Å². The molecule has 2 nitrogen and oxygen atoms in total. The average molecular weight is 261 g/mol. The molecule has 0 N–H and O–H groups in total. The Balaban J connectivity index is 2.05. The minimum absolute atomic E-state index is 0.807. The van der Waals surface area contributed by atoms with E-state index in [0.29, 0.717) is 0 Å². The molecule has 4 heteroatoms. The van der Waals surface area contributed by atoms with Crippen molar-refractivity contribution in [2.75, 3.05) is 13.2 Å². The Hall–Kier alpha value is 0.354. The molecule has 0 aromatic carbocycles. The van der Waals surface area contributed by atoms with Gasteiger partial charge < -0.3 is 8.85 Å². The van der Waals surface area contributed by atoms with E-state index in [1.165, 1.54) is 12.8 Å². The normalized spacial score (nSPS) is 26.6. The smallest absolute Gasteiger partial charge is 0.183 e. The van der Waals surface area contributed by atoms with Crippen molar-refractivity contribution in [3.05, 3.63) is 0 Å². The quantitative estimate of drug-likeness (QED) is 0.678. The number of rotatable bonds is 6. The van der Waals surface area contributed by atoms with E-state index in [4.69, 9.17) is 8.85 Å². The van der Waals surface area contributed by atoms with Crippen molar-refractivity contribution in [1.82, 2.24) is 0 Å². The van der Waals surface area contributed by atoms with Crippen LogP contribution in [0.25, 0.3) is 0 Å². The predicted octanol–water partition coefficient (Wildman–Crippen LogP) is 3.72. The van der Waals surface area contributed by atoms with Gasteiger partial charge in [0.15, 0.2) is 16.6 Å². The number of hydrogen-bond donors (Lipinski definition) is 0. The topological polar surface area (TPSA) is 18.5 Å². The highest BCUT2D eigenvalue weighted by Crippen LogP contribution is 2.35. The van der Waals surface area contributed by atoms with Gasteiger partial charge in [0.25, 0.3) is 0 Å². The maximum atomic E-state index is 5.93. The third kappa shape index (κ3) is 6.18. The maximum absolute atomic E-state index is 5.93. The molecule has 0 aromatic heterocycles. The van der Waals surface area contributed by atoms with E-state index >= 15 is 0 Å². The van der Waals surface area contributed by atoms with Gasteiger partial charge in [0.2, 0.25) is 0 Å². The second kappa shape index (κ2) is 5.33. The fourth-order valence-electron chi connectivity index (χ4n) is 1.88. The fourth-order valence-corrected chi connectivity index (χ4v) is 3.35. The Morgan fingerprint density at radius 3 is 1.31 bits per heavy atom. The summed E-state index contributed by atoms with van der Waals surface area (Å²) in [5.74, 6) is 1.61. The van der Waals surface area contributed by atoms with Gasteiger partial charge in [-0.3, -0.25) is 0 Å². The molecule has 16 heavy (non-hydrogen) atoms. The summed E-state index contributed by atoms with van der Waals surface area (Å²) in [6.45, 7) is 15.5. The molecule has 1 saturated carbocycles. The molecule has 1 rings (SSSR count). The first-order valence-corrected chi connectivity index (χ1v) is 13.3. The highest BCUT2D eigenvalue weighted by atomic mass is 28.4. The Morgan fingerprint density at radius 2 is 1.06 bits per heavy atom. The molecule has 1 fully saturated rings. The summed E-state index contributed by atoms with van der Waals surface area (Å²) in [7, 11) is -2.59. The van der Waals surface area contributed by atoms with Crippen LogP contribution in [0.4, 0.5) is 0 Å². The zero-order valence-electron chi connectivity index (χ0n) is 11.8. The van der Waals surface area contributed by atoms with Crippen LogP contribution >= 0.6 is 0 Å². The van der Waals surface area contributed by atoms with Crippen molar-refractivity contribution >= 4 is 16.6 Å². The van der Waals surface area contributed by atoms with E-state index in [1.807, 2.05) is 0 Å². The van der Waals surface area contributed by atoms with Crippen LogP contribution in [0.15, 0.2) is 0 Å². The first-order valence-electron chi connectivity index (χ1n) is 6.44. The van der Waals surface area contributed by atoms with Crippen molar-refractivity contribution in [1.29, 1.82) is 0 Å². The molecule has 0 bridgehead atoms. The first-order chi connectivity index (χ1) is 7.16. The highest BCUT2D eigenvalue weighted by molar-refractivity contribution is 6.70. The van der Waals surface area contributed by atoms with Crippen LogP contribution in [-0.4, -0.2) is 29.8 Å². The van der Waals surface area contributed by atoms with Gasteiger partial charge >= 0.3 is 0 Å². The third-order valence-electron chi connectivity index (χ3n) is 2.84. The molecule has 1 aliphatic rings. The second-order valence-electron chi connectivity index (χ2n) is 7.05. The van der Waals surface area contributed by atoms with E-state index < -0.39 is 16.6 Å². The third-order valence-corrected chi connectivity index (χ3v) is 4.90. The summed E-state index contributed by atoms with van der Waals surface area (Å²) in [6, 6.07) is 0. The van der Waals surface area contributed by atoms with Crippen LogP contribution in [0.5, 0.6) is 0 Å². The summed E-state index contributed by atoms with van der Waals surface area (Å²) in [6.07, 6.45) is 2.63. The minimum Gasteiger partial charge on any atom is -0.417 e. The van der Waals surface area contributed by atoms with Crippen molar-refractivity contribution in [3.63, 3.8) is 0 Å². The van der Waals surface area contributed by atoms with Crippen LogP contribution in [0.2, 0.25) is 39.3 Å². The molecule has 0 radical (unpaired) electrons. The van der Waals surface area contributed by atoms with Crippen LogP contribution in [-0.2, 0) is 8.85 Å². The van der Waals surface area contributed by atoms with E-state index in [2.05, 4.69) is 39.3 Å². The van der Waals surface area contributed by atoms with Gasteiger partial charge in [-0.25, -0.2) is 0 Å². The van der Waals surface area contributed by atoms with Crippen LogP contribution in [0.1, 0.15) is 12.8 Å². The lowest BCUT2D eigenvalue weighted by Gasteiger charge is -2.37. The Labute approximate surface area is 103 Å². The molecule has 0 atom stereocenters. The Kier molecular flexibility index (Phi) is 4.81. The van der Waals surface area contributed by atoms with Crippen LogP contribution < -0.4 is 0 Å². The first kappa shape index (κ1) is 14.4. The molecule has 0 amide bonds. The van der Waals surface area contributed by atoms with Crippen LogP contribution in [0, 0.1) is 11.8 Å². The van der Waals surface area contributed by atoms with E-state index in [9.17, 15) is 0 Å². The zero-order valence-corrected chi connectivity index (χ0v) is 13.8. The summed E-state index contributed by atoms with van der Waals surface area (Å²) < 4.78 is 11.9. The van der Waals surface area contributed by atoms with Crippen molar-refractivity contribution in [3.8, 4) is 0 Å². The van der Waals surface area contributed by atoms with Gasteiger partial charge in [0.1, 0.15) is 0 Å². The Morgan fingerprint density at radius 1 is 0.750 bits per heavy atom. The van der Waals surface area contributed by atoms with Gasteiger partial charge in [-0.2, -0.15) is 0 Å². The van der Waals surface area contributed by atoms with E-state index in [-0.39, 0.29) is 0 Å². The summed E-state index contributed by atoms with van der Waals surface area (Å²) in [4.78, 5) is 0. The predicted molar refractivity (Wildman–Crippen MR) is 74.8 cm³/mol. The standard InChI is InChI=1S/C12H28O2Si2/c1-15(2,3)13-9-11-7-12(8-11)10-14-16(4,5)6/h11-12H,7-10H2,1-6H3. The number of hydrogen-bond acceptors (Lipinski definition) is 2. The summed E-state index contributed by atoms with van der Waals surface area (Å²) in [5.41, 5.74) is 0. The van der Waals surface area contributed by atoms with Crippen molar-refractivity contribution in [2.45, 2.75) is 52.1 Å². The average Bonchev–Trinajstić information content (AvgIpc) is 1.95. The minimum atomic E-state index is -1.30. The maximum Gasteiger partial charge on any atom is 0.183 e. The molecular formula is C12H28O2Si2. The SMILES string of the molecule is C[Si](C)(C)OCC1CC(CO[Si](C)(C)C)C1. The zero-order chi connectivity index (χ0) is 12.4. The van der Waals surface area contributed by atoms with E-state index in [0.717, 1.165) is 25.0 Å². The monoisotopic (exact) mass is 260 g/mol.